The number of halogens is 3. The van der Waals surface area contributed by atoms with Gasteiger partial charge in [0.15, 0.2) is 12.4 Å². The van der Waals surface area contributed by atoms with Gasteiger partial charge in [0.2, 0.25) is 0 Å². The minimum atomic E-state index is -0.592. The van der Waals surface area contributed by atoms with Crippen molar-refractivity contribution >= 4 is 66.1 Å². The van der Waals surface area contributed by atoms with E-state index in [9.17, 15) is 9.59 Å². The Morgan fingerprint density at radius 2 is 1.55 bits per heavy atom. The van der Waals surface area contributed by atoms with Gasteiger partial charge in [0, 0.05) is 30.5 Å². The summed E-state index contributed by atoms with van der Waals surface area (Å²) in [6.45, 7) is -0.353. The summed E-state index contributed by atoms with van der Waals surface area (Å²) < 4.78 is 7.04. The number of nitrogens with zero attached hydrogens (tertiary/aromatic N) is 1. The molecule has 0 N–H and O–H groups in total. The lowest BCUT2D eigenvalue weighted by molar-refractivity contribution is 0.0476. The number of rotatable bonds is 5. The molecule has 0 spiro atoms. The van der Waals surface area contributed by atoms with E-state index in [0.29, 0.717) is 32.7 Å². The molecule has 4 rings (SSSR count). The third kappa shape index (κ3) is 5.03. The summed E-state index contributed by atoms with van der Waals surface area (Å²) >= 11 is 12.8. The van der Waals surface area contributed by atoms with Crippen LogP contribution in [0, 0.1) is 0 Å². The predicted octanol–water partition coefficient (Wildman–Crippen LogP) is 7.12. The van der Waals surface area contributed by atoms with E-state index in [1.807, 2.05) is 24.3 Å². The zero-order chi connectivity index (χ0) is 22.0. The topological polar surface area (TPSA) is 56.3 Å². The fourth-order valence-electron chi connectivity index (χ4n) is 3.06. The number of carbonyl (C=O) groups is 2. The van der Waals surface area contributed by atoms with Gasteiger partial charge in [0.05, 0.1) is 16.8 Å². The first-order valence-electron chi connectivity index (χ1n) is 9.23. The van der Waals surface area contributed by atoms with Gasteiger partial charge >= 0.3 is 5.97 Å². The maximum absolute atomic E-state index is 13.0. The molecule has 0 aliphatic carbocycles. The van der Waals surface area contributed by atoms with E-state index in [0.717, 1.165) is 14.5 Å². The van der Waals surface area contributed by atoms with Crippen LogP contribution in [0.5, 0.6) is 0 Å². The highest BCUT2D eigenvalue weighted by Crippen LogP contribution is 2.28. The van der Waals surface area contributed by atoms with Crippen molar-refractivity contribution in [3.05, 3.63) is 97.9 Å². The number of ketones is 1. The third-order valence-electron chi connectivity index (χ3n) is 4.63. The van der Waals surface area contributed by atoms with Gasteiger partial charge in [-0.05, 0) is 48.5 Å². The Labute approximate surface area is 200 Å². The van der Waals surface area contributed by atoms with E-state index in [4.69, 9.17) is 16.3 Å². The lowest BCUT2D eigenvalue weighted by Gasteiger charge is -2.11. The molecular formula is C24H14Br2ClNO3. The normalized spacial score (nSPS) is 10.8. The monoisotopic (exact) mass is 557 g/mol. The number of hydrogen-bond donors (Lipinski definition) is 0. The van der Waals surface area contributed by atoms with Crippen molar-refractivity contribution in [1.82, 2.24) is 4.98 Å². The van der Waals surface area contributed by atoms with E-state index < -0.39 is 5.97 Å². The number of Topliss-reactive ketones (excluding diaryl/α,β-unsaturated/α-hetero) is 1. The van der Waals surface area contributed by atoms with Crippen molar-refractivity contribution in [2.75, 3.05) is 6.61 Å². The van der Waals surface area contributed by atoms with Crippen molar-refractivity contribution in [3.63, 3.8) is 0 Å². The first-order chi connectivity index (χ1) is 14.9. The smallest absolute Gasteiger partial charge is 0.339 e. The van der Waals surface area contributed by atoms with E-state index in [-0.39, 0.29) is 12.4 Å². The van der Waals surface area contributed by atoms with Gasteiger partial charge in [0.1, 0.15) is 0 Å². The minimum absolute atomic E-state index is 0.279. The number of aromatic nitrogens is 1. The maximum Gasteiger partial charge on any atom is 0.339 e. The minimum Gasteiger partial charge on any atom is -0.454 e. The first kappa shape index (κ1) is 21.7. The number of carbonyl (C=O) groups excluding carboxylic acids is 2. The molecule has 0 aliphatic heterocycles. The second-order valence-electron chi connectivity index (χ2n) is 6.73. The molecule has 0 radical (unpaired) electrons. The van der Waals surface area contributed by atoms with Gasteiger partial charge in [0.25, 0.3) is 0 Å². The zero-order valence-corrected chi connectivity index (χ0v) is 19.9. The van der Waals surface area contributed by atoms with Crippen LogP contribution in [0.2, 0.25) is 5.02 Å². The number of benzene rings is 3. The highest BCUT2D eigenvalue weighted by atomic mass is 79.9. The van der Waals surface area contributed by atoms with E-state index >= 15 is 0 Å². The molecule has 0 amide bonds. The molecule has 31 heavy (non-hydrogen) atoms. The Balaban J connectivity index is 1.66. The molecule has 0 saturated carbocycles. The van der Waals surface area contributed by atoms with Crippen LogP contribution >= 0.6 is 43.5 Å². The third-order valence-corrected chi connectivity index (χ3v) is 5.91. The molecule has 0 unspecified atom stereocenters. The summed E-state index contributed by atoms with van der Waals surface area (Å²) in [6, 6.07) is 21.2. The highest BCUT2D eigenvalue weighted by molar-refractivity contribution is 9.10. The van der Waals surface area contributed by atoms with Crippen molar-refractivity contribution < 1.29 is 14.3 Å². The van der Waals surface area contributed by atoms with E-state index in [1.165, 1.54) is 0 Å². The second kappa shape index (κ2) is 9.30. The van der Waals surface area contributed by atoms with Gasteiger partial charge in [-0.1, -0.05) is 67.7 Å². The van der Waals surface area contributed by atoms with Crippen LogP contribution in [-0.2, 0) is 4.74 Å². The molecule has 7 heteroatoms. The second-order valence-corrected chi connectivity index (χ2v) is 9.00. The van der Waals surface area contributed by atoms with Crippen molar-refractivity contribution in [1.29, 1.82) is 0 Å². The molecule has 0 aliphatic rings. The quantitative estimate of drug-likeness (QED) is 0.193. The summed E-state index contributed by atoms with van der Waals surface area (Å²) in [4.78, 5) is 30.0. The van der Waals surface area contributed by atoms with Crippen molar-refractivity contribution in [3.8, 4) is 11.3 Å². The van der Waals surface area contributed by atoms with Crippen LogP contribution in [0.15, 0.2) is 81.7 Å². The fourth-order valence-corrected chi connectivity index (χ4v) is 3.81. The molecule has 1 aromatic heterocycles. The fraction of sp³-hybridized carbons (Fsp3) is 0.0417. The van der Waals surface area contributed by atoms with Gasteiger partial charge in [-0.15, -0.1) is 0 Å². The van der Waals surface area contributed by atoms with Crippen LogP contribution in [-0.4, -0.2) is 23.3 Å². The van der Waals surface area contributed by atoms with Gasteiger partial charge < -0.3 is 4.74 Å². The average molecular weight is 560 g/mol. The predicted molar refractivity (Wildman–Crippen MR) is 129 cm³/mol. The molecule has 4 nitrogen and oxygen atoms in total. The Morgan fingerprint density at radius 3 is 2.26 bits per heavy atom. The molecular weight excluding hydrogens is 546 g/mol. The Morgan fingerprint density at radius 1 is 0.871 bits per heavy atom. The summed E-state index contributed by atoms with van der Waals surface area (Å²) in [5.74, 6) is -0.871. The van der Waals surface area contributed by atoms with Crippen molar-refractivity contribution in [2.24, 2.45) is 0 Å². The molecule has 0 atom stereocenters. The van der Waals surface area contributed by atoms with Crippen LogP contribution < -0.4 is 0 Å². The molecule has 4 aromatic rings. The van der Waals surface area contributed by atoms with Gasteiger partial charge in [-0.25, -0.2) is 9.78 Å². The Hall–Kier alpha value is -2.54. The lowest BCUT2D eigenvalue weighted by Crippen LogP contribution is -2.15. The summed E-state index contributed by atoms with van der Waals surface area (Å²) in [5.41, 5.74) is 2.87. The van der Waals surface area contributed by atoms with Gasteiger partial charge in [-0.3, -0.25) is 4.79 Å². The van der Waals surface area contributed by atoms with Crippen LogP contribution in [0.1, 0.15) is 20.7 Å². The molecule has 3 aromatic carbocycles. The summed E-state index contributed by atoms with van der Waals surface area (Å²) in [7, 11) is 0. The van der Waals surface area contributed by atoms with Crippen LogP contribution in [0.25, 0.3) is 22.2 Å². The summed E-state index contributed by atoms with van der Waals surface area (Å²) in [5, 5.41) is 1.24. The Bertz CT molecular complexity index is 1290. The number of esters is 1. The Kier molecular flexibility index (Phi) is 6.51. The zero-order valence-electron chi connectivity index (χ0n) is 15.9. The summed E-state index contributed by atoms with van der Waals surface area (Å²) in [6.07, 6.45) is 0. The molecule has 0 bridgehead atoms. The maximum atomic E-state index is 13.0. The van der Waals surface area contributed by atoms with E-state index in [2.05, 4.69) is 36.8 Å². The number of hydrogen-bond acceptors (Lipinski definition) is 4. The SMILES string of the molecule is O=C(COC(=O)c1cc(-c2ccc(Cl)cc2)nc2ccc(Br)cc12)c1ccc(Br)cc1. The molecule has 154 valence electrons. The first-order valence-corrected chi connectivity index (χ1v) is 11.2. The molecule has 0 saturated heterocycles. The average Bonchev–Trinajstić information content (AvgIpc) is 2.77. The molecule has 1 heterocycles. The largest absolute Gasteiger partial charge is 0.454 e. The number of pyridine rings is 1. The number of ether oxygens (including phenoxy) is 1. The van der Waals surface area contributed by atoms with Crippen molar-refractivity contribution in [2.45, 2.75) is 0 Å². The molecule has 0 fully saturated rings. The van der Waals surface area contributed by atoms with Gasteiger partial charge in [-0.2, -0.15) is 0 Å². The standard InChI is InChI=1S/C24H14Br2ClNO3/c25-16-5-1-15(2-6-16)23(29)13-31-24(30)20-12-22(14-3-8-18(27)9-4-14)28-21-10-7-17(26)11-19(20)21/h1-12H,13H2. The van der Waals surface area contributed by atoms with Crippen LogP contribution in [0.3, 0.4) is 0 Å². The number of fused-ring (bicyclic) bond motifs is 1. The van der Waals surface area contributed by atoms with Crippen LogP contribution in [0.4, 0.5) is 0 Å². The van der Waals surface area contributed by atoms with E-state index in [1.54, 1.807) is 48.5 Å². The highest BCUT2D eigenvalue weighted by Gasteiger charge is 2.17. The lowest BCUT2D eigenvalue weighted by atomic mass is 10.0.